The maximum atomic E-state index is 9.99. The molecule has 2 aliphatic carbocycles. The number of hydrogen-bond donors (Lipinski definition) is 2. The highest BCUT2D eigenvalue weighted by atomic mass is 16.3. The lowest BCUT2D eigenvalue weighted by Gasteiger charge is -2.58. The molecule has 5 atom stereocenters. The zero-order valence-electron chi connectivity index (χ0n) is 14.9. The Morgan fingerprint density at radius 1 is 1.23 bits per heavy atom. The Morgan fingerprint density at radius 3 is 2.59 bits per heavy atom. The molecular weight excluding hydrogens is 272 g/mol. The van der Waals surface area contributed by atoms with Crippen LogP contribution in [0.15, 0.2) is 12.2 Å². The van der Waals surface area contributed by atoms with Gasteiger partial charge >= 0.3 is 0 Å². The average Bonchev–Trinajstić information content (AvgIpc) is 2.46. The summed E-state index contributed by atoms with van der Waals surface area (Å²) in [4.78, 5) is 0. The van der Waals surface area contributed by atoms with Crippen LogP contribution in [0.4, 0.5) is 0 Å². The molecule has 2 saturated carbocycles. The first-order chi connectivity index (χ1) is 10.4. The molecule has 0 saturated heterocycles. The van der Waals surface area contributed by atoms with Gasteiger partial charge in [-0.2, -0.15) is 0 Å². The highest BCUT2D eigenvalue weighted by Gasteiger charge is 2.53. The predicted molar refractivity (Wildman–Crippen MR) is 92.6 cm³/mol. The fraction of sp³-hybridized carbons (Fsp3) is 0.900. The summed E-state index contributed by atoms with van der Waals surface area (Å²) >= 11 is 0. The summed E-state index contributed by atoms with van der Waals surface area (Å²) in [5.41, 5.74) is 1.85. The SMILES string of the molecule is C=C1CC[C@@H]2[C@@](C)(CO)CCC[C@@]2(C)[C@@H]1CC[C@H](C)CCO. The topological polar surface area (TPSA) is 40.5 Å². The van der Waals surface area contributed by atoms with Crippen LogP contribution in [0.25, 0.3) is 0 Å². The Kier molecular flexibility index (Phi) is 5.77. The zero-order valence-corrected chi connectivity index (χ0v) is 14.9. The molecule has 2 nitrogen and oxygen atoms in total. The molecule has 22 heavy (non-hydrogen) atoms. The summed E-state index contributed by atoms with van der Waals surface area (Å²) in [6.07, 6.45) is 9.32. The van der Waals surface area contributed by atoms with Crippen molar-refractivity contribution in [3.63, 3.8) is 0 Å². The van der Waals surface area contributed by atoms with Gasteiger partial charge in [0.2, 0.25) is 0 Å². The third kappa shape index (κ3) is 3.28. The van der Waals surface area contributed by atoms with Crippen molar-refractivity contribution in [3.8, 4) is 0 Å². The van der Waals surface area contributed by atoms with E-state index in [1.165, 1.54) is 44.1 Å². The van der Waals surface area contributed by atoms with E-state index >= 15 is 0 Å². The Labute approximate surface area is 137 Å². The largest absolute Gasteiger partial charge is 0.396 e. The highest BCUT2D eigenvalue weighted by molar-refractivity contribution is 5.16. The van der Waals surface area contributed by atoms with Gasteiger partial charge in [-0.25, -0.2) is 0 Å². The quantitative estimate of drug-likeness (QED) is 0.706. The van der Waals surface area contributed by atoms with Gasteiger partial charge < -0.3 is 10.2 Å². The van der Waals surface area contributed by atoms with Crippen molar-refractivity contribution < 1.29 is 10.2 Å². The molecule has 0 unspecified atom stereocenters. The minimum atomic E-state index is 0.0999. The molecule has 128 valence electrons. The summed E-state index contributed by atoms with van der Waals surface area (Å²) in [6.45, 7) is 12.1. The average molecular weight is 309 g/mol. The molecule has 0 radical (unpaired) electrons. The van der Waals surface area contributed by atoms with Crippen LogP contribution in [0, 0.1) is 28.6 Å². The van der Waals surface area contributed by atoms with E-state index in [1.54, 1.807) is 0 Å². The predicted octanol–water partition coefficient (Wildman–Crippen LogP) is 4.56. The van der Waals surface area contributed by atoms with Crippen LogP contribution in [-0.2, 0) is 0 Å². The fourth-order valence-corrected chi connectivity index (χ4v) is 5.62. The van der Waals surface area contributed by atoms with Crippen LogP contribution in [-0.4, -0.2) is 23.4 Å². The third-order valence-electron chi connectivity index (χ3n) is 7.07. The van der Waals surface area contributed by atoms with E-state index in [4.69, 9.17) is 5.11 Å². The van der Waals surface area contributed by atoms with Crippen molar-refractivity contribution in [3.05, 3.63) is 12.2 Å². The van der Waals surface area contributed by atoms with Crippen molar-refractivity contribution in [2.24, 2.45) is 28.6 Å². The summed E-state index contributed by atoms with van der Waals surface area (Å²) < 4.78 is 0. The molecule has 0 aromatic heterocycles. The monoisotopic (exact) mass is 308 g/mol. The van der Waals surface area contributed by atoms with Crippen molar-refractivity contribution in [1.29, 1.82) is 0 Å². The standard InChI is InChI=1S/C20H36O2/c1-15(10-13-21)6-8-17-16(2)7-9-18-19(3,14-22)11-5-12-20(17,18)4/h15,17-18,21-22H,2,5-14H2,1,3-4H3/t15-,17+,18+,19+,20-/m0/s1. The van der Waals surface area contributed by atoms with Crippen molar-refractivity contribution in [1.82, 2.24) is 0 Å². The Balaban J connectivity index is 2.15. The molecule has 2 fully saturated rings. The van der Waals surface area contributed by atoms with Crippen LogP contribution in [0.3, 0.4) is 0 Å². The molecule has 0 aliphatic heterocycles. The first kappa shape index (κ1) is 18.0. The van der Waals surface area contributed by atoms with Gasteiger partial charge in [-0.05, 0) is 67.1 Å². The van der Waals surface area contributed by atoms with Gasteiger partial charge in [-0.15, -0.1) is 0 Å². The summed E-state index contributed by atoms with van der Waals surface area (Å²) in [7, 11) is 0. The molecule has 2 aliphatic rings. The normalized spacial score (nSPS) is 40.3. The van der Waals surface area contributed by atoms with Gasteiger partial charge in [-0.3, -0.25) is 0 Å². The Bertz CT molecular complexity index is 391. The van der Waals surface area contributed by atoms with E-state index in [0.717, 1.165) is 12.8 Å². The minimum absolute atomic E-state index is 0.0999. The number of aliphatic hydroxyl groups excluding tert-OH is 2. The lowest BCUT2D eigenvalue weighted by atomic mass is 9.46. The molecule has 0 aromatic rings. The van der Waals surface area contributed by atoms with Gasteiger partial charge in [0.05, 0.1) is 0 Å². The first-order valence-corrected chi connectivity index (χ1v) is 9.27. The maximum Gasteiger partial charge on any atom is 0.0487 e. The maximum absolute atomic E-state index is 9.99. The molecule has 0 spiro atoms. The number of hydrogen-bond acceptors (Lipinski definition) is 2. The first-order valence-electron chi connectivity index (χ1n) is 9.27. The second kappa shape index (κ2) is 7.05. The smallest absolute Gasteiger partial charge is 0.0487 e. The van der Waals surface area contributed by atoms with Gasteiger partial charge in [0.1, 0.15) is 0 Å². The highest BCUT2D eigenvalue weighted by Crippen LogP contribution is 2.61. The van der Waals surface area contributed by atoms with Crippen LogP contribution in [0.5, 0.6) is 0 Å². The number of rotatable bonds is 6. The lowest BCUT2D eigenvalue weighted by Crippen LogP contribution is -2.51. The van der Waals surface area contributed by atoms with Gasteiger partial charge in [0, 0.05) is 13.2 Å². The molecule has 0 bridgehead atoms. The summed E-state index contributed by atoms with van der Waals surface area (Å²) in [5, 5.41) is 19.1. The van der Waals surface area contributed by atoms with E-state index in [9.17, 15) is 5.11 Å². The molecule has 0 amide bonds. The minimum Gasteiger partial charge on any atom is -0.396 e. The molecule has 2 heteroatoms. The van der Waals surface area contributed by atoms with E-state index in [1.807, 2.05) is 0 Å². The van der Waals surface area contributed by atoms with Crippen molar-refractivity contribution in [2.45, 2.75) is 72.1 Å². The van der Waals surface area contributed by atoms with Crippen molar-refractivity contribution in [2.75, 3.05) is 13.2 Å². The summed E-state index contributed by atoms with van der Waals surface area (Å²) in [6, 6.07) is 0. The van der Waals surface area contributed by atoms with Crippen LogP contribution in [0.1, 0.15) is 72.1 Å². The van der Waals surface area contributed by atoms with Crippen LogP contribution >= 0.6 is 0 Å². The lowest BCUT2D eigenvalue weighted by molar-refractivity contribution is -0.0868. The summed E-state index contributed by atoms with van der Waals surface area (Å²) in [5.74, 6) is 1.82. The molecule has 2 N–H and O–H groups in total. The van der Waals surface area contributed by atoms with Gasteiger partial charge in [-0.1, -0.05) is 45.8 Å². The molecule has 0 aromatic carbocycles. The number of fused-ring (bicyclic) bond motifs is 1. The molecule has 2 rings (SSSR count). The molecular formula is C20H36O2. The third-order valence-corrected chi connectivity index (χ3v) is 7.07. The van der Waals surface area contributed by atoms with E-state index in [-0.39, 0.29) is 5.41 Å². The number of aliphatic hydroxyl groups is 2. The Hall–Kier alpha value is -0.340. The van der Waals surface area contributed by atoms with Crippen LogP contribution in [0.2, 0.25) is 0 Å². The second-order valence-corrected chi connectivity index (χ2v) is 8.67. The van der Waals surface area contributed by atoms with Crippen LogP contribution < -0.4 is 0 Å². The fourth-order valence-electron chi connectivity index (χ4n) is 5.62. The number of allylic oxidation sites excluding steroid dienone is 1. The van der Waals surface area contributed by atoms with E-state index in [0.29, 0.717) is 36.4 Å². The van der Waals surface area contributed by atoms with E-state index < -0.39 is 0 Å². The van der Waals surface area contributed by atoms with Gasteiger partial charge in [0.25, 0.3) is 0 Å². The second-order valence-electron chi connectivity index (χ2n) is 8.67. The van der Waals surface area contributed by atoms with Crippen molar-refractivity contribution >= 4 is 0 Å². The molecule has 0 heterocycles. The zero-order chi connectivity index (χ0) is 16.4. The van der Waals surface area contributed by atoms with E-state index in [2.05, 4.69) is 27.4 Å². The Morgan fingerprint density at radius 2 is 1.95 bits per heavy atom. The van der Waals surface area contributed by atoms with Gasteiger partial charge in [0.15, 0.2) is 0 Å².